The van der Waals surface area contributed by atoms with Crippen molar-refractivity contribution in [1.82, 2.24) is 10.3 Å². The largest absolute Gasteiger partial charge is 0.372 e. The number of nitrogens with one attached hydrogen (secondary N) is 2. The van der Waals surface area contributed by atoms with E-state index in [-0.39, 0.29) is 25.1 Å². The van der Waals surface area contributed by atoms with Crippen LogP contribution in [0.2, 0.25) is 0 Å². The summed E-state index contributed by atoms with van der Waals surface area (Å²) < 4.78 is 26.5. The van der Waals surface area contributed by atoms with Gasteiger partial charge in [-0.3, -0.25) is 9.59 Å². The monoisotopic (exact) mass is 385 g/mol. The molecule has 0 aliphatic carbocycles. The number of carbonyl (C=O) groups excluding carboxylic acids is 2. The first-order valence-corrected chi connectivity index (χ1v) is 8.71. The normalized spacial score (nSPS) is 19.4. The number of anilines is 1. The van der Waals surface area contributed by atoms with Crippen LogP contribution in [0, 0.1) is 11.6 Å². The third-order valence-electron chi connectivity index (χ3n) is 4.90. The van der Waals surface area contributed by atoms with Gasteiger partial charge in [-0.1, -0.05) is 0 Å². The van der Waals surface area contributed by atoms with Crippen molar-refractivity contribution < 1.29 is 23.5 Å². The summed E-state index contributed by atoms with van der Waals surface area (Å²) in [5.41, 5.74) is -0.549. The molecule has 1 saturated heterocycles. The lowest BCUT2D eigenvalue weighted by molar-refractivity contribution is -0.149. The molecule has 2 aromatic carbocycles. The summed E-state index contributed by atoms with van der Waals surface area (Å²) >= 11 is 0. The predicted octanol–water partition coefficient (Wildman–Crippen LogP) is 2.23. The number of hydrogen-bond donors (Lipinski definition) is 3. The van der Waals surface area contributed by atoms with Gasteiger partial charge in [0.2, 0.25) is 5.60 Å². The maximum atomic E-state index is 13.3. The number of aliphatic hydroxyl groups is 1. The lowest BCUT2D eigenvalue weighted by Gasteiger charge is -2.22. The fourth-order valence-corrected chi connectivity index (χ4v) is 3.41. The molecule has 0 bridgehead atoms. The van der Waals surface area contributed by atoms with Crippen LogP contribution in [0.3, 0.4) is 0 Å². The summed E-state index contributed by atoms with van der Waals surface area (Å²) in [6.45, 7) is -0.0360. The first-order chi connectivity index (χ1) is 13.4. The lowest BCUT2D eigenvalue weighted by Crippen LogP contribution is -2.52. The number of halogens is 2. The average molecular weight is 385 g/mol. The van der Waals surface area contributed by atoms with E-state index in [1.807, 2.05) is 12.1 Å². The summed E-state index contributed by atoms with van der Waals surface area (Å²) in [5, 5.41) is 14.0. The van der Waals surface area contributed by atoms with Crippen LogP contribution in [-0.2, 0) is 16.1 Å². The Labute approximate surface area is 158 Å². The van der Waals surface area contributed by atoms with Gasteiger partial charge >= 0.3 is 0 Å². The average Bonchev–Trinajstić information content (AvgIpc) is 3.24. The number of benzene rings is 2. The molecule has 1 atom stereocenters. The second-order valence-electron chi connectivity index (χ2n) is 6.78. The van der Waals surface area contributed by atoms with E-state index in [0.717, 1.165) is 29.1 Å². The first-order valence-electron chi connectivity index (χ1n) is 8.71. The lowest BCUT2D eigenvalue weighted by atomic mass is 10.0. The fraction of sp³-hybridized carbons (Fsp3) is 0.200. The molecule has 0 saturated carbocycles. The second kappa shape index (κ2) is 6.72. The van der Waals surface area contributed by atoms with E-state index < -0.39 is 29.0 Å². The van der Waals surface area contributed by atoms with Crippen LogP contribution in [0.25, 0.3) is 10.9 Å². The van der Waals surface area contributed by atoms with Crippen LogP contribution in [-0.4, -0.2) is 34.1 Å². The SMILES string of the molecule is O=C(NCc1cc(F)cc(F)c1)[C@]1(O)CCN(c2ccc3[nH]ccc3c2)C1=O. The van der Waals surface area contributed by atoms with Crippen LogP contribution in [0.4, 0.5) is 14.5 Å². The van der Waals surface area contributed by atoms with Crippen LogP contribution < -0.4 is 10.2 Å². The van der Waals surface area contributed by atoms with Crippen molar-refractivity contribution in [2.24, 2.45) is 0 Å². The van der Waals surface area contributed by atoms with Crippen LogP contribution >= 0.6 is 0 Å². The molecule has 28 heavy (non-hydrogen) atoms. The van der Waals surface area contributed by atoms with Crippen molar-refractivity contribution in [3.05, 3.63) is 65.9 Å². The molecule has 4 rings (SSSR count). The number of nitrogens with zero attached hydrogens (tertiary/aromatic N) is 1. The summed E-state index contributed by atoms with van der Waals surface area (Å²) in [6.07, 6.45) is 1.69. The van der Waals surface area contributed by atoms with E-state index >= 15 is 0 Å². The van der Waals surface area contributed by atoms with Gasteiger partial charge in [-0.25, -0.2) is 8.78 Å². The maximum absolute atomic E-state index is 13.3. The highest BCUT2D eigenvalue weighted by Crippen LogP contribution is 2.30. The molecule has 1 aliphatic heterocycles. The fourth-order valence-electron chi connectivity index (χ4n) is 3.41. The number of aromatic nitrogens is 1. The minimum atomic E-state index is -2.22. The molecule has 0 unspecified atom stereocenters. The number of carbonyl (C=O) groups is 2. The minimum absolute atomic E-state index is 0.0830. The number of amides is 2. The molecule has 3 N–H and O–H groups in total. The third-order valence-corrected chi connectivity index (χ3v) is 4.90. The number of fused-ring (bicyclic) bond motifs is 1. The first kappa shape index (κ1) is 18.1. The van der Waals surface area contributed by atoms with E-state index in [2.05, 4.69) is 10.3 Å². The smallest absolute Gasteiger partial charge is 0.268 e. The molecule has 2 heterocycles. The molecule has 0 radical (unpaired) electrons. The summed E-state index contributed by atoms with van der Waals surface area (Å²) in [4.78, 5) is 29.6. The van der Waals surface area contributed by atoms with Crippen LogP contribution in [0.1, 0.15) is 12.0 Å². The Kier molecular flexibility index (Phi) is 4.35. The predicted molar refractivity (Wildman–Crippen MR) is 98.4 cm³/mol. The quantitative estimate of drug-likeness (QED) is 0.602. The Bertz CT molecular complexity index is 1060. The van der Waals surface area contributed by atoms with Crippen molar-refractivity contribution in [3.8, 4) is 0 Å². The molecule has 0 spiro atoms. The van der Waals surface area contributed by atoms with E-state index in [1.54, 1.807) is 18.3 Å². The van der Waals surface area contributed by atoms with Gasteiger partial charge in [0.15, 0.2) is 0 Å². The Balaban J connectivity index is 1.49. The summed E-state index contributed by atoms with van der Waals surface area (Å²) in [5.74, 6) is -3.17. The van der Waals surface area contributed by atoms with Gasteiger partial charge in [0.05, 0.1) is 0 Å². The number of hydrogen-bond acceptors (Lipinski definition) is 3. The number of rotatable bonds is 4. The molecule has 144 valence electrons. The zero-order valence-electron chi connectivity index (χ0n) is 14.7. The second-order valence-corrected chi connectivity index (χ2v) is 6.78. The molecule has 3 aromatic rings. The molecule has 1 aromatic heterocycles. The maximum Gasteiger partial charge on any atom is 0.268 e. The zero-order valence-corrected chi connectivity index (χ0v) is 14.7. The molecule has 2 amide bonds. The van der Waals surface area contributed by atoms with Gasteiger partial charge < -0.3 is 20.3 Å². The zero-order chi connectivity index (χ0) is 19.9. The highest BCUT2D eigenvalue weighted by atomic mass is 19.1. The van der Waals surface area contributed by atoms with E-state index in [0.29, 0.717) is 5.69 Å². The van der Waals surface area contributed by atoms with Gasteiger partial charge in [0.25, 0.3) is 11.8 Å². The molecular formula is C20H17F2N3O3. The Morgan fingerprint density at radius 3 is 2.68 bits per heavy atom. The molecule has 1 aliphatic rings. The minimum Gasteiger partial charge on any atom is -0.372 e. The van der Waals surface area contributed by atoms with Gasteiger partial charge in [0, 0.05) is 48.4 Å². The number of H-pyrrole nitrogens is 1. The third kappa shape index (κ3) is 3.11. The van der Waals surface area contributed by atoms with Crippen molar-refractivity contribution in [3.63, 3.8) is 0 Å². The summed E-state index contributed by atoms with van der Waals surface area (Å²) in [7, 11) is 0. The highest BCUT2D eigenvalue weighted by Gasteiger charge is 2.51. The number of aromatic amines is 1. The van der Waals surface area contributed by atoms with E-state index in [1.165, 1.54) is 4.90 Å². The van der Waals surface area contributed by atoms with Gasteiger partial charge in [-0.15, -0.1) is 0 Å². The Morgan fingerprint density at radius 1 is 1.18 bits per heavy atom. The standard InChI is InChI=1S/C20H17F2N3O3/c21-14-7-12(8-15(22)10-14)11-24-18(26)20(28)4-6-25(19(20)27)16-1-2-17-13(9-16)3-5-23-17/h1-3,5,7-10,23,28H,4,6,11H2,(H,24,26)/t20-/m1/s1. The van der Waals surface area contributed by atoms with Crippen LogP contribution in [0.5, 0.6) is 0 Å². The molecule has 8 heteroatoms. The van der Waals surface area contributed by atoms with Gasteiger partial charge in [0.1, 0.15) is 11.6 Å². The van der Waals surface area contributed by atoms with Crippen molar-refractivity contribution in [1.29, 1.82) is 0 Å². The highest BCUT2D eigenvalue weighted by molar-refractivity contribution is 6.16. The molecule has 6 nitrogen and oxygen atoms in total. The van der Waals surface area contributed by atoms with E-state index in [4.69, 9.17) is 0 Å². The van der Waals surface area contributed by atoms with Crippen molar-refractivity contribution in [2.75, 3.05) is 11.4 Å². The molecular weight excluding hydrogens is 368 g/mol. The van der Waals surface area contributed by atoms with Gasteiger partial charge in [-0.2, -0.15) is 0 Å². The van der Waals surface area contributed by atoms with E-state index in [9.17, 15) is 23.5 Å². The summed E-state index contributed by atoms with van der Waals surface area (Å²) in [6, 6.07) is 10.1. The molecule has 1 fully saturated rings. The van der Waals surface area contributed by atoms with Crippen LogP contribution in [0.15, 0.2) is 48.7 Å². The Morgan fingerprint density at radius 2 is 1.93 bits per heavy atom. The van der Waals surface area contributed by atoms with Crippen molar-refractivity contribution in [2.45, 2.75) is 18.6 Å². The van der Waals surface area contributed by atoms with Gasteiger partial charge in [-0.05, 0) is 42.0 Å². The topological polar surface area (TPSA) is 85.4 Å². The van der Waals surface area contributed by atoms with Crippen molar-refractivity contribution >= 4 is 28.4 Å². The Hall–Kier alpha value is -3.26.